The molecule has 1 fully saturated rings. The summed E-state index contributed by atoms with van der Waals surface area (Å²) in [4.78, 5) is 2.64. The van der Waals surface area contributed by atoms with Crippen molar-refractivity contribution in [2.24, 2.45) is 0 Å². The number of aryl methyl sites for hydroxylation is 1. The Kier molecular flexibility index (Phi) is 8.00. The van der Waals surface area contributed by atoms with Crippen molar-refractivity contribution in [2.45, 2.75) is 24.7 Å². The summed E-state index contributed by atoms with van der Waals surface area (Å²) < 4.78 is 27.8. The molecule has 1 aliphatic heterocycles. The van der Waals surface area contributed by atoms with Crippen LogP contribution in [0.25, 0.3) is 10.9 Å². The first-order valence-electron chi connectivity index (χ1n) is 9.51. The van der Waals surface area contributed by atoms with E-state index in [0.29, 0.717) is 4.90 Å². The summed E-state index contributed by atoms with van der Waals surface area (Å²) in [7, 11) is -3.62. The van der Waals surface area contributed by atoms with Gasteiger partial charge in [-0.25, -0.2) is 12.4 Å². The number of halogens is 2. The molecule has 158 valence electrons. The smallest absolute Gasteiger partial charge is 0.268 e. The molecule has 0 bridgehead atoms. The summed E-state index contributed by atoms with van der Waals surface area (Å²) in [5.74, 6) is 0. The summed E-state index contributed by atoms with van der Waals surface area (Å²) in [6, 6.07) is 15.1. The second-order valence-corrected chi connectivity index (χ2v) is 8.77. The average Bonchev–Trinajstić information content (AvgIpc) is 3.14. The Balaban J connectivity index is 0.00000150. The van der Waals surface area contributed by atoms with Gasteiger partial charge >= 0.3 is 0 Å². The highest BCUT2D eigenvalue weighted by Crippen LogP contribution is 2.30. The summed E-state index contributed by atoms with van der Waals surface area (Å²) in [5.41, 5.74) is 2.99. The van der Waals surface area contributed by atoms with Gasteiger partial charge in [0.2, 0.25) is 0 Å². The maximum absolute atomic E-state index is 13.2. The molecule has 2 heterocycles. The zero-order chi connectivity index (χ0) is 18.9. The molecule has 0 spiro atoms. The van der Waals surface area contributed by atoms with Crippen molar-refractivity contribution >= 4 is 51.4 Å². The Bertz CT molecular complexity index is 1040. The number of anilines is 1. The quantitative estimate of drug-likeness (QED) is 0.629. The van der Waals surface area contributed by atoms with Crippen molar-refractivity contribution in [2.75, 3.05) is 31.1 Å². The lowest BCUT2D eigenvalue weighted by Crippen LogP contribution is -2.43. The minimum Gasteiger partial charge on any atom is -0.368 e. The van der Waals surface area contributed by atoms with Crippen molar-refractivity contribution in [3.8, 4) is 0 Å². The van der Waals surface area contributed by atoms with Crippen LogP contribution in [-0.2, 0) is 16.4 Å². The van der Waals surface area contributed by atoms with Crippen LogP contribution in [-0.4, -0.2) is 38.6 Å². The number of nitrogens with one attached hydrogen (secondary N) is 1. The van der Waals surface area contributed by atoms with Gasteiger partial charge in [0.1, 0.15) is 0 Å². The number of hydrogen-bond acceptors (Lipinski definition) is 4. The molecule has 8 heteroatoms. The fourth-order valence-electron chi connectivity index (χ4n) is 3.75. The molecule has 0 aliphatic carbocycles. The maximum atomic E-state index is 13.2. The van der Waals surface area contributed by atoms with Gasteiger partial charge in [-0.1, -0.05) is 31.5 Å². The van der Waals surface area contributed by atoms with Gasteiger partial charge in [-0.2, -0.15) is 0 Å². The standard InChI is InChI=1S/C21H25N3O2S.2ClH/c1-2-4-17-7-9-18(10-8-17)27(25,26)24-14-11-19-20(5-3-6-21(19)24)23-15-12-22-13-16-23;;/h3,5-11,14,22H,2,4,12-13,15-16H2,1H3;2*1H. The molecule has 1 N–H and O–H groups in total. The molecule has 1 saturated heterocycles. The first-order valence-corrected chi connectivity index (χ1v) is 11.0. The highest BCUT2D eigenvalue weighted by atomic mass is 35.5. The van der Waals surface area contributed by atoms with E-state index >= 15 is 0 Å². The van der Waals surface area contributed by atoms with Crippen LogP contribution in [0.4, 0.5) is 5.69 Å². The Labute approximate surface area is 185 Å². The lowest BCUT2D eigenvalue weighted by Gasteiger charge is -2.30. The number of fused-ring (bicyclic) bond motifs is 1. The van der Waals surface area contributed by atoms with Crippen LogP contribution in [0.5, 0.6) is 0 Å². The van der Waals surface area contributed by atoms with Gasteiger partial charge in [0.15, 0.2) is 0 Å². The van der Waals surface area contributed by atoms with Crippen LogP contribution >= 0.6 is 24.8 Å². The van der Waals surface area contributed by atoms with Crippen molar-refractivity contribution in [1.29, 1.82) is 0 Å². The molecule has 0 atom stereocenters. The van der Waals surface area contributed by atoms with E-state index in [1.807, 2.05) is 30.3 Å². The van der Waals surface area contributed by atoms with Crippen LogP contribution in [0.15, 0.2) is 59.6 Å². The molecule has 3 aromatic rings. The fourth-order valence-corrected chi connectivity index (χ4v) is 5.09. The average molecular weight is 456 g/mol. The molecular formula is C21H27Cl2N3O2S. The third kappa shape index (κ3) is 4.56. The fraction of sp³-hybridized carbons (Fsp3) is 0.333. The summed E-state index contributed by atoms with van der Waals surface area (Å²) in [6.07, 6.45) is 3.68. The Morgan fingerprint density at radius 1 is 0.966 bits per heavy atom. The molecule has 1 aromatic heterocycles. The Hall–Kier alpha value is -1.73. The second-order valence-electron chi connectivity index (χ2n) is 6.96. The Morgan fingerprint density at radius 3 is 2.31 bits per heavy atom. The Morgan fingerprint density at radius 2 is 1.66 bits per heavy atom. The topological polar surface area (TPSA) is 54.3 Å². The highest BCUT2D eigenvalue weighted by Gasteiger charge is 2.21. The lowest BCUT2D eigenvalue weighted by atomic mass is 10.1. The van der Waals surface area contributed by atoms with Crippen LogP contribution in [0.1, 0.15) is 18.9 Å². The molecule has 0 unspecified atom stereocenters. The van der Waals surface area contributed by atoms with Gasteiger partial charge in [0.25, 0.3) is 10.0 Å². The molecule has 0 amide bonds. The summed E-state index contributed by atoms with van der Waals surface area (Å²) in [6.45, 7) is 5.86. The van der Waals surface area contributed by atoms with Crippen LogP contribution in [0.3, 0.4) is 0 Å². The van der Waals surface area contributed by atoms with Crippen LogP contribution in [0.2, 0.25) is 0 Å². The van der Waals surface area contributed by atoms with Crippen LogP contribution < -0.4 is 10.2 Å². The van der Waals surface area contributed by atoms with E-state index in [2.05, 4.69) is 23.2 Å². The number of piperazine rings is 1. The highest BCUT2D eigenvalue weighted by molar-refractivity contribution is 7.90. The van der Waals surface area contributed by atoms with E-state index in [4.69, 9.17) is 0 Å². The van der Waals surface area contributed by atoms with Gasteiger partial charge in [-0.15, -0.1) is 24.8 Å². The summed E-state index contributed by atoms with van der Waals surface area (Å²) >= 11 is 0. The van der Waals surface area contributed by atoms with E-state index < -0.39 is 10.0 Å². The lowest BCUT2D eigenvalue weighted by molar-refractivity contribution is 0.588. The van der Waals surface area contributed by atoms with Gasteiger partial charge < -0.3 is 10.2 Å². The van der Waals surface area contributed by atoms with E-state index in [0.717, 1.165) is 61.2 Å². The largest absolute Gasteiger partial charge is 0.368 e. The van der Waals surface area contributed by atoms with Crippen LogP contribution in [0, 0.1) is 0 Å². The minimum absolute atomic E-state index is 0. The minimum atomic E-state index is -3.62. The van der Waals surface area contributed by atoms with Gasteiger partial charge in [-0.05, 0) is 42.3 Å². The second kappa shape index (κ2) is 9.85. The molecule has 2 aromatic carbocycles. The number of hydrogen-bond donors (Lipinski definition) is 1. The SMILES string of the molecule is CCCc1ccc(S(=O)(=O)n2ccc3c(N4CCNCC4)cccc32)cc1.Cl.Cl. The third-order valence-electron chi connectivity index (χ3n) is 5.15. The normalized spacial score (nSPS) is 14.3. The van der Waals surface area contributed by atoms with E-state index in [9.17, 15) is 8.42 Å². The van der Waals surface area contributed by atoms with Crippen molar-refractivity contribution < 1.29 is 8.42 Å². The summed E-state index contributed by atoms with van der Waals surface area (Å²) in [5, 5.41) is 4.33. The third-order valence-corrected chi connectivity index (χ3v) is 6.85. The predicted octanol–water partition coefficient (Wildman–Crippen LogP) is 4.08. The number of nitrogens with zero attached hydrogens (tertiary/aromatic N) is 2. The van der Waals surface area contributed by atoms with Crippen molar-refractivity contribution in [3.63, 3.8) is 0 Å². The molecule has 29 heavy (non-hydrogen) atoms. The maximum Gasteiger partial charge on any atom is 0.268 e. The molecule has 5 nitrogen and oxygen atoms in total. The van der Waals surface area contributed by atoms with E-state index in [1.54, 1.807) is 18.3 Å². The zero-order valence-electron chi connectivity index (χ0n) is 16.4. The molecule has 0 radical (unpaired) electrons. The molecule has 4 rings (SSSR count). The van der Waals surface area contributed by atoms with Gasteiger partial charge in [0.05, 0.1) is 10.4 Å². The predicted molar refractivity (Wildman–Crippen MR) is 125 cm³/mol. The molecule has 0 saturated carbocycles. The number of rotatable bonds is 5. The molecular weight excluding hydrogens is 429 g/mol. The monoisotopic (exact) mass is 455 g/mol. The number of benzene rings is 2. The van der Waals surface area contributed by atoms with E-state index in [1.165, 1.54) is 3.97 Å². The van der Waals surface area contributed by atoms with Crippen molar-refractivity contribution in [1.82, 2.24) is 9.29 Å². The number of aromatic nitrogens is 1. The molecule has 1 aliphatic rings. The van der Waals surface area contributed by atoms with Gasteiger partial charge in [0, 0.05) is 43.4 Å². The van der Waals surface area contributed by atoms with Gasteiger partial charge in [-0.3, -0.25) is 0 Å². The first-order chi connectivity index (χ1) is 13.1. The van der Waals surface area contributed by atoms with Crippen molar-refractivity contribution in [3.05, 3.63) is 60.3 Å². The zero-order valence-corrected chi connectivity index (χ0v) is 18.8. The first kappa shape index (κ1) is 23.5. The van der Waals surface area contributed by atoms with E-state index in [-0.39, 0.29) is 24.8 Å².